The molecule has 0 amide bonds. The van der Waals surface area contributed by atoms with E-state index in [0.29, 0.717) is 12.5 Å². The summed E-state index contributed by atoms with van der Waals surface area (Å²) >= 11 is 0. The molecular formula is C13H16O. The molecule has 1 aromatic carbocycles. The maximum absolute atomic E-state index is 5.74. The first-order valence-electron chi connectivity index (χ1n) is 5.06. The minimum atomic E-state index is 0.0511. The second-order valence-electron chi connectivity index (χ2n) is 4.08. The van der Waals surface area contributed by atoms with Crippen LogP contribution in [0.3, 0.4) is 0 Å². The molecule has 2 rings (SSSR count). The second kappa shape index (κ2) is 3.58. The van der Waals surface area contributed by atoms with Crippen LogP contribution in [0.5, 0.6) is 0 Å². The Balaban J connectivity index is 2.01. The molecule has 14 heavy (non-hydrogen) atoms. The summed E-state index contributed by atoms with van der Waals surface area (Å²) in [5.41, 5.74) is 1.44. The van der Waals surface area contributed by atoms with Gasteiger partial charge in [0.1, 0.15) is 0 Å². The highest BCUT2D eigenvalue weighted by Gasteiger charge is 2.51. The fraction of sp³-hybridized carbons (Fsp3) is 0.385. The summed E-state index contributed by atoms with van der Waals surface area (Å²) in [5, 5.41) is 0. The van der Waals surface area contributed by atoms with Crippen molar-refractivity contribution in [3.63, 3.8) is 0 Å². The van der Waals surface area contributed by atoms with Crippen LogP contribution < -0.4 is 0 Å². The van der Waals surface area contributed by atoms with Crippen LogP contribution in [0.4, 0.5) is 0 Å². The Kier molecular flexibility index (Phi) is 2.42. The van der Waals surface area contributed by atoms with Crippen LogP contribution in [0, 0.1) is 0 Å². The highest BCUT2D eigenvalue weighted by molar-refractivity contribution is 5.30. The van der Waals surface area contributed by atoms with Gasteiger partial charge in [0.25, 0.3) is 0 Å². The Labute approximate surface area is 85.4 Å². The van der Waals surface area contributed by atoms with Gasteiger partial charge in [-0.25, -0.2) is 0 Å². The van der Waals surface area contributed by atoms with Gasteiger partial charge in [-0.15, -0.1) is 6.58 Å². The predicted octanol–water partition coefficient (Wildman–Crippen LogP) is 3.14. The van der Waals surface area contributed by atoms with Crippen LogP contribution >= 0.6 is 0 Å². The van der Waals surface area contributed by atoms with Gasteiger partial charge in [-0.3, -0.25) is 0 Å². The first-order valence-corrected chi connectivity index (χ1v) is 5.06. The van der Waals surface area contributed by atoms with E-state index in [9.17, 15) is 0 Å². The smallest absolute Gasteiger partial charge is 0.0734 e. The molecule has 1 aliphatic carbocycles. The van der Waals surface area contributed by atoms with Gasteiger partial charge in [-0.2, -0.15) is 0 Å². The van der Waals surface area contributed by atoms with Crippen molar-refractivity contribution in [1.82, 2.24) is 0 Å². The third-order valence-electron chi connectivity index (χ3n) is 2.92. The summed E-state index contributed by atoms with van der Waals surface area (Å²) in [6, 6.07) is 10.6. The second-order valence-corrected chi connectivity index (χ2v) is 4.08. The van der Waals surface area contributed by atoms with E-state index >= 15 is 0 Å². The molecule has 0 heterocycles. The maximum atomic E-state index is 5.74. The summed E-state index contributed by atoms with van der Waals surface area (Å²) < 4.78 is 5.74. The van der Waals surface area contributed by atoms with Gasteiger partial charge in [0.15, 0.2) is 0 Å². The molecule has 1 nitrogen and oxygen atoms in total. The SMILES string of the molecule is C=CCOC1(C)CC1c1ccccc1. The highest BCUT2D eigenvalue weighted by atomic mass is 16.5. The van der Waals surface area contributed by atoms with Crippen LogP contribution in [0.25, 0.3) is 0 Å². The van der Waals surface area contributed by atoms with Gasteiger partial charge in [0.2, 0.25) is 0 Å². The molecule has 1 heteroatoms. The number of hydrogen-bond donors (Lipinski definition) is 0. The quantitative estimate of drug-likeness (QED) is 0.659. The van der Waals surface area contributed by atoms with Gasteiger partial charge >= 0.3 is 0 Å². The van der Waals surface area contributed by atoms with Crippen molar-refractivity contribution in [2.75, 3.05) is 6.61 Å². The van der Waals surface area contributed by atoms with Crippen molar-refractivity contribution in [2.24, 2.45) is 0 Å². The zero-order valence-corrected chi connectivity index (χ0v) is 8.57. The molecule has 0 aliphatic heterocycles. The van der Waals surface area contributed by atoms with E-state index in [0.717, 1.165) is 6.42 Å². The lowest BCUT2D eigenvalue weighted by Gasteiger charge is -2.11. The molecule has 1 fully saturated rings. The molecule has 0 spiro atoms. The van der Waals surface area contributed by atoms with Gasteiger partial charge < -0.3 is 4.74 Å². The summed E-state index contributed by atoms with van der Waals surface area (Å²) in [4.78, 5) is 0. The Morgan fingerprint density at radius 1 is 1.50 bits per heavy atom. The number of ether oxygens (including phenoxy) is 1. The summed E-state index contributed by atoms with van der Waals surface area (Å²) in [5.74, 6) is 0.573. The topological polar surface area (TPSA) is 9.23 Å². The van der Waals surface area contributed by atoms with Crippen LogP contribution in [0.15, 0.2) is 43.0 Å². The van der Waals surface area contributed by atoms with E-state index < -0.39 is 0 Å². The van der Waals surface area contributed by atoms with E-state index in [1.807, 2.05) is 12.1 Å². The average Bonchev–Trinajstić information content (AvgIpc) is 2.90. The van der Waals surface area contributed by atoms with Crippen molar-refractivity contribution >= 4 is 0 Å². The summed E-state index contributed by atoms with van der Waals surface area (Å²) in [6.45, 7) is 6.49. The standard InChI is InChI=1S/C13H16O/c1-3-9-14-13(2)10-12(13)11-7-5-4-6-8-11/h3-8,12H,1,9-10H2,2H3. The zero-order chi connectivity index (χ0) is 10.0. The first-order chi connectivity index (χ1) is 6.76. The van der Waals surface area contributed by atoms with Crippen molar-refractivity contribution < 1.29 is 4.74 Å². The fourth-order valence-electron chi connectivity index (χ4n) is 1.91. The Morgan fingerprint density at radius 2 is 2.21 bits per heavy atom. The molecule has 0 N–H and O–H groups in total. The highest BCUT2D eigenvalue weighted by Crippen LogP contribution is 2.53. The molecule has 2 unspecified atom stereocenters. The van der Waals surface area contributed by atoms with Crippen LogP contribution in [0.2, 0.25) is 0 Å². The van der Waals surface area contributed by atoms with Crippen LogP contribution in [-0.4, -0.2) is 12.2 Å². The van der Waals surface area contributed by atoms with Gasteiger partial charge in [-0.1, -0.05) is 36.4 Å². The number of benzene rings is 1. The molecule has 0 saturated heterocycles. The Hall–Kier alpha value is -1.08. The molecule has 1 aliphatic rings. The largest absolute Gasteiger partial charge is 0.371 e. The summed E-state index contributed by atoms with van der Waals surface area (Å²) in [7, 11) is 0. The monoisotopic (exact) mass is 188 g/mol. The van der Waals surface area contributed by atoms with Crippen LogP contribution in [0.1, 0.15) is 24.8 Å². The molecule has 2 atom stereocenters. The van der Waals surface area contributed by atoms with Crippen molar-refractivity contribution in [3.05, 3.63) is 48.6 Å². The van der Waals surface area contributed by atoms with Crippen molar-refractivity contribution in [2.45, 2.75) is 24.9 Å². The first kappa shape index (κ1) is 9.47. The van der Waals surface area contributed by atoms with Crippen LogP contribution in [-0.2, 0) is 4.74 Å². The van der Waals surface area contributed by atoms with E-state index in [2.05, 4.69) is 37.8 Å². The normalized spacial score (nSPS) is 29.9. The van der Waals surface area contributed by atoms with Gasteiger partial charge in [0, 0.05) is 5.92 Å². The molecule has 0 aromatic heterocycles. The Morgan fingerprint density at radius 3 is 2.86 bits per heavy atom. The predicted molar refractivity (Wildman–Crippen MR) is 58.4 cm³/mol. The van der Waals surface area contributed by atoms with E-state index in [-0.39, 0.29) is 5.60 Å². The van der Waals surface area contributed by atoms with E-state index in [4.69, 9.17) is 4.74 Å². The lowest BCUT2D eigenvalue weighted by Crippen LogP contribution is -2.11. The van der Waals surface area contributed by atoms with Crippen molar-refractivity contribution in [3.8, 4) is 0 Å². The molecule has 1 saturated carbocycles. The average molecular weight is 188 g/mol. The zero-order valence-electron chi connectivity index (χ0n) is 8.57. The molecule has 1 aromatic rings. The lowest BCUT2D eigenvalue weighted by atomic mass is 10.1. The summed E-state index contributed by atoms with van der Waals surface area (Å²) in [6.07, 6.45) is 2.94. The van der Waals surface area contributed by atoms with Crippen molar-refractivity contribution in [1.29, 1.82) is 0 Å². The minimum absolute atomic E-state index is 0.0511. The Bertz CT molecular complexity index is 317. The molecule has 0 bridgehead atoms. The minimum Gasteiger partial charge on any atom is -0.371 e. The van der Waals surface area contributed by atoms with E-state index in [1.54, 1.807) is 0 Å². The molecule has 74 valence electrons. The van der Waals surface area contributed by atoms with E-state index in [1.165, 1.54) is 5.56 Å². The number of hydrogen-bond acceptors (Lipinski definition) is 1. The fourth-order valence-corrected chi connectivity index (χ4v) is 1.91. The van der Waals surface area contributed by atoms with Gasteiger partial charge in [0.05, 0.1) is 12.2 Å². The third-order valence-corrected chi connectivity index (χ3v) is 2.92. The lowest BCUT2D eigenvalue weighted by molar-refractivity contribution is 0.0627. The number of rotatable bonds is 4. The third kappa shape index (κ3) is 1.73. The van der Waals surface area contributed by atoms with Gasteiger partial charge in [-0.05, 0) is 18.9 Å². The molecular weight excluding hydrogens is 172 g/mol. The molecule has 0 radical (unpaired) electrons. The maximum Gasteiger partial charge on any atom is 0.0734 e.